The van der Waals surface area contributed by atoms with Crippen LogP contribution in [0.4, 0.5) is 0 Å². The zero-order chi connectivity index (χ0) is 15.2. The first-order valence-electron chi connectivity index (χ1n) is 8.01. The van der Waals surface area contributed by atoms with Crippen LogP contribution in [0.1, 0.15) is 26.9 Å². The van der Waals surface area contributed by atoms with E-state index in [9.17, 15) is 0 Å². The summed E-state index contributed by atoms with van der Waals surface area (Å²) in [6, 6.07) is 4.53. The van der Waals surface area contributed by atoms with Gasteiger partial charge in [0.15, 0.2) is 0 Å². The number of aromatic nitrogens is 1. The van der Waals surface area contributed by atoms with E-state index in [-0.39, 0.29) is 0 Å². The standard InChI is InChI=1S/C17H23N3S2/c1-13-3-4-16(22-13)8-20-11-17(12-20)5-6-19(10-17)7-15-9-21-14(2)18-15/h3-4,9H,5-8,10-12H2,1-2H3. The molecular weight excluding hydrogens is 310 g/mol. The molecule has 0 aromatic carbocycles. The molecule has 1 spiro atoms. The van der Waals surface area contributed by atoms with Crippen molar-refractivity contribution in [1.29, 1.82) is 0 Å². The SMILES string of the molecule is Cc1ccc(CN2CC3(CCN(Cc4csc(C)n4)C3)C2)s1. The van der Waals surface area contributed by atoms with Crippen LogP contribution in [-0.4, -0.2) is 41.0 Å². The molecule has 2 fully saturated rings. The molecule has 0 unspecified atom stereocenters. The van der Waals surface area contributed by atoms with Crippen LogP contribution in [0.3, 0.4) is 0 Å². The maximum absolute atomic E-state index is 4.61. The molecular formula is C17H23N3S2. The van der Waals surface area contributed by atoms with Gasteiger partial charge in [0, 0.05) is 53.3 Å². The number of hydrogen-bond acceptors (Lipinski definition) is 5. The van der Waals surface area contributed by atoms with Gasteiger partial charge in [-0.1, -0.05) is 0 Å². The fourth-order valence-electron chi connectivity index (χ4n) is 3.94. The molecule has 2 aromatic heterocycles. The van der Waals surface area contributed by atoms with Crippen LogP contribution < -0.4 is 0 Å². The minimum absolute atomic E-state index is 0.567. The Morgan fingerprint density at radius 1 is 1.14 bits per heavy atom. The Hall–Kier alpha value is -0.750. The number of thiazole rings is 1. The van der Waals surface area contributed by atoms with Crippen LogP contribution in [-0.2, 0) is 13.1 Å². The van der Waals surface area contributed by atoms with Gasteiger partial charge in [0.1, 0.15) is 0 Å². The number of rotatable bonds is 4. The van der Waals surface area contributed by atoms with E-state index in [0.717, 1.165) is 13.1 Å². The molecule has 4 heterocycles. The molecule has 22 heavy (non-hydrogen) atoms. The number of hydrogen-bond donors (Lipinski definition) is 0. The highest BCUT2D eigenvalue weighted by molar-refractivity contribution is 7.11. The van der Waals surface area contributed by atoms with Crippen LogP contribution in [0.5, 0.6) is 0 Å². The Kier molecular flexibility index (Phi) is 3.85. The lowest BCUT2D eigenvalue weighted by Gasteiger charge is -2.48. The van der Waals surface area contributed by atoms with Gasteiger partial charge in [0.25, 0.3) is 0 Å². The summed E-state index contributed by atoms with van der Waals surface area (Å²) in [5.41, 5.74) is 1.82. The quantitative estimate of drug-likeness (QED) is 0.853. The second kappa shape index (κ2) is 5.71. The topological polar surface area (TPSA) is 19.4 Å². The van der Waals surface area contributed by atoms with Crippen LogP contribution >= 0.6 is 22.7 Å². The monoisotopic (exact) mass is 333 g/mol. The summed E-state index contributed by atoms with van der Waals surface area (Å²) in [6.45, 7) is 11.5. The lowest BCUT2D eigenvalue weighted by Crippen LogP contribution is -2.56. The smallest absolute Gasteiger partial charge is 0.0897 e. The number of thiophene rings is 1. The summed E-state index contributed by atoms with van der Waals surface area (Å²) < 4.78 is 0. The Bertz CT molecular complexity index is 654. The molecule has 118 valence electrons. The van der Waals surface area contributed by atoms with Gasteiger partial charge >= 0.3 is 0 Å². The number of aryl methyl sites for hydroxylation is 2. The number of likely N-dealkylation sites (tertiary alicyclic amines) is 2. The van der Waals surface area contributed by atoms with E-state index < -0.39 is 0 Å². The van der Waals surface area contributed by atoms with Crippen molar-refractivity contribution in [3.05, 3.63) is 38.0 Å². The molecule has 2 aliphatic heterocycles. The van der Waals surface area contributed by atoms with Crippen molar-refractivity contribution in [2.75, 3.05) is 26.2 Å². The first-order chi connectivity index (χ1) is 10.6. The maximum Gasteiger partial charge on any atom is 0.0897 e. The van der Waals surface area contributed by atoms with Gasteiger partial charge in [0.05, 0.1) is 10.7 Å². The average Bonchev–Trinajstić information content (AvgIpc) is 3.12. The fourth-order valence-corrected chi connectivity index (χ4v) is 5.47. The minimum atomic E-state index is 0.567. The molecule has 0 bridgehead atoms. The Labute approximate surface area is 140 Å². The van der Waals surface area contributed by atoms with Crippen LogP contribution in [0.25, 0.3) is 0 Å². The largest absolute Gasteiger partial charge is 0.297 e. The van der Waals surface area contributed by atoms with Gasteiger partial charge in [-0.05, 0) is 38.9 Å². The highest BCUT2D eigenvalue weighted by Crippen LogP contribution is 2.41. The van der Waals surface area contributed by atoms with Crippen LogP contribution in [0.15, 0.2) is 17.5 Å². The number of nitrogens with zero attached hydrogens (tertiary/aromatic N) is 3. The molecule has 2 aliphatic rings. The molecule has 3 nitrogen and oxygen atoms in total. The fraction of sp³-hybridized carbons (Fsp3) is 0.588. The van der Waals surface area contributed by atoms with E-state index in [1.54, 1.807) is 11.3 Å². The van der Waals surface area contributed by atoms with Gasteiger partial charge < -0.3 is 0 Å². The summed E-state index contributed by atoms with van der Waals surface area (Å²) in [4.78, 5) is 12.8. The predicted octanol–water partition coefficient (Wildman–Crippen LogP) is 3.53. The van der Waals surface area contributed by atoms with E-state index >= 15 is 0 Å². The molecule has 2 saturated heterocycles. The molecule has 0 radical (unpaired) electrons. The van der Waals surface area contributed by atoms with E-state index in [1.807, 2.05) is 11.3 Å². The first kappa shape index (κ1) is 14.8. The summed E-state index contributed by atoms with van der Waals surface area (Å²) >= 11 is 3.71. The molecule has 0 amide bonds. The highest BCUT2D eigenvalue weighted by atomic mass is 32.1. The molecule has 0 N–H and O–H groups in total. The molecule has 2 aromatic rings. The van der Waals surface area contributed by atoms with Crippen LogP contribution in [0, 0.1) is 19.3 Å². The third-order valence-corrected chi connectivity index (χ3v) is 6.67. The van der Waals surface area contributed by atoms with Gasteiger partial charge in [-0.2, -0.15) is 0 Å². The van der Waals surface area contributed by atoms with E-state index in [4.69, 9.17) is 0 Å². The summed E-state index contributed by atoms with van der Waals surface area (Å²) in [5.74, 6) is 0. The average molecular weight is 334 g/mol. The van der Waals surface area contributed by atoms with Crippen molar-refractivity contribution in [1.82, 2.24) is 14.8 Å². The van der Waals surface area contributed by atoms with E-state index in [0.29, 0.717) is 5.41 Å². The lowest BCUT2D eigenvalue weighted by atomic mass is 9.79. The first-order valence-corrected chi connectivity index (χ1v) is 9.71. The second-order valence-electron chi connectivity index (χ2n) is 6.98. The Morgan fingerprint density at radius 3 is 2.64 bits per heavy atom. The van der Waals surface area contributed by atoms with Crippen molar-refractivity contribution >= 4 is 22.7 Å². The van der Waals surface area contributed by atoms with E-state index in [2.05, 4.69) is 46.1 Å². The predicted molar refractivity (Wildman–Crippen MR) is 93.5 cm³/mol. The third-order valence-electron chi connectivity index (χ3n) is 4.86. The van der Waals surface area contributed by atoms with Crippen molar-refractivity contribution in [3.8, 4) is 0 Å². The summed E-state index contributed by atoms with van der Waals surface area (Å²) in [5, 5.41) is 3.40. The zero-order valence-corrected chi connectivity index (χ0v) is 15.0. The Balaban J connectivity index is 1.28. The molecule has 0 saturated carbocycles. The molecule has 0 aliphatic carbocycles. The van der Waals surface area contributed by atoms with Crippen LogP contribution in [0.2, 0.25) is 0 Å². The van der Waals surface area contributed by atoms with Crippen molar-refractivity contribution in [2.24, 2.45) is 5.41 Å². The van der Waals surface area contributed by atoms with Gasteiger partial charge in [-0.3, -0.25) is 9.80 Å². The van der Waals surface area contributed by atoms with Crippen molar-refractivity contribution in [2.45, 2.75) is 33.4 Å². The van der Waals surface area contributed by atoms with E-state index in [1.165, 1.54) is 53.1 Å². The third kappa shape index (κ3) is 3.00. The molecule has 5 heteroatoms. The van der Waals surface area contributed by atoms with Gasteiger partial charge in [-0.25, -0.2) is 4.98 Å². The maximum atomic E-state index is 4.61. The lowest BCUT2D eigenvalue weighted by molar-refractivity contribution is 0.00226. The van der Waals surface area contributed by atoms with Gasteiger partial charge in [-0.15, -0.1) is 22.7 Å². The van der Waals surface area contributed by atoms with Crippen molar-refractivity contribution in [3.63, 3.8) is 0 Å². The molecule has 4 rings (SSSR count). The minimum Gasteiger partial charge on any atom is -0.297 e. The second-order valence-corrected chi connectivity index (χ2v) is 9.41. The zero-order valence-electron chi connectivity index (χ0n) is 13.3. The van der Waals surface area contributed by atoms with Crippen molar-refractivity contribution < 1.29 is 0 Å². The normalized spacial score (nSPS) is 21.5. The summed E-state index contributed by atoms with van der Waals surface area (Å²) in [6.07, 6.45) is 1.36. The highest BCUT2D eigenvalue weighted by Gasteiger charge is 2.47. The molecule has 0 atom stereocenters. The summed E-state index contributed by atoms with van der Waals surface area (Å²) in [7, 11) is 0. The van der Waals surface area contributed by atoms with Gasteiger partial charge in [0.2, 0.25) is 0 Å². The Morgan fingerprint density at radius 2 is 1.95 bits per heavy atom.